The number of carbonyl (C=O) groups is 1. The van der Waals surface area contributed by atoms with Gasteiger partial charge in [0.25, 0.3) is 5.91 Å². The quantitative estimate of drug-likeness (QED) is 0.527. The van der Waals surface area contributed by atoms with E-state index >= 15 is 0 Å². The fraction of sp³-hybridized carbons (Fsp3) is 0.120. The average molecular weight is 424 g/mol. The maximum atomic E-state index is 13.5. The first-order valence-corrected chi connectivity index (χ1v) is 10.4. The highest BCUT2D eigenvalue weighted by molar-refractivity contribution is 6.01. The van der Waals surface area contributed by atoms with Crippen LogP contribution in [0.1, 0.15) is 27.7 Å². The number of nitrogens with zero attached hydrogens (tertiary/aromatic N) is 3. The third-order valence-electron chi connectivity index (χ3n) is 5.82. The molecule has 4 aromatic rings. The van der Waals surface area contributed by atoms with Crippen molar-refractivity contribution in [3.63, 3.8) is 0 Å². The molecule has 1 aromatic heterocycles. The van der Waals surface area contributed by atoms with E-state index < -0.39 is 0 Å². The van der Waals surface area contributed by atoms with E-state index in [1.54, 1.807) is 12.5 Å². The summed E-state index contributed by atoms with van der Waals surface area (Å²) in [5.74, 6) is 1.43. The molecular formula is C25H20N4O3. The molecule has 1 amide bonds. The summed E-state index contributed by atoms with van der Waals surface area (Å²) >= 11 is 0. The van der Waals surface area contributed by atoms with E-state index in [9.17, 15) is 4.79 Å². The van der Waals surface area contributed by atoms with Crippen LogP contribution in [0, 0.1) is 0 Å². The molecule has 3 heterocycles. The number of aromatic nitrogens is 2. The second kappa shape index (κ2) is 7.46. The van der Waals surface area contributed by atoms with Gasteiger partial charge in [-0.1, -0.05) is 30.3 Å². The molecule has 2 aliphatic heterocycles. The second-order valence-corrected chi connectivity index (χ2v) is 7.77. The van der Waals surface area contributed by atoms with Crippen molar-refractivity contribution >= 4 is 11.6 Å². The van der Waals surface area contributed by atoms with Crippen LogP contribution in [-0.4, -0.2) is 27.2 Å². The summed E-state index contributed by atoms with van der Waals surface area (Å²) < 4.78 is 12.9. The number of para-hydroxylation sites is 1. The molecule has 1 atom stereocenters. The molecule has 0 saturated heterocycles. The smallest absolute Gasteiger partial charge is 0.258 e. The topological polar surface area (TPSA) is 68.6 Å². The van der Waals surface area contributed by atoms with Gasteiger partial charge < -0.3 is 24.3 Å². The number of hydrogen-bond acceptors (Lipinski definition) is 5. The van der Waals surface area contributed by atoms with Crippen LogP contribution in [-0.2, 0) is 6.54 Å². The van der Waals surface area contributed by atoms with Crippen molar-refractivity contribution in [1.29, 1.82) is 0 Å². The SMILES string of the molecule is O=C1c2ccccc2NC(c2ccc(-n3ccnc3)cc2)N1Cc1ccc2c(c1)OCO2. The number of carbonyl (C=O) groups excluding carboxylic acids is 1. The Kier molecular flexibility index (Phi) is 4.31. The lowest BCUT2D eigenvalue weighted by Gasteiger charge is -2.38. The first kappa shape index (κ1) is 18.5. The van der Waals surface area contributed by atoms with Gasteiger partial charge in [0.2, 0.25) is 6.79 Å². The molecule has 32 heavy (non-hydrogen) atoms. The minimum Gasteiger partial charge on any atom is -0.454 e. The number of anilines is 1. The van der Waals surface area contributed by atoms with Gasteiger partial charge in [0.1, 0.15) is 6.17 Å². The molecule has 0 bridgehead atoms. The Hall–Kier alpha value is -4.26. The van der Waals surface area contributed by atoms with E-state index in [1.165, 1.54) is 0 Å². The lowest BCUT2D eigenvalue weighted by Crippen LogP contribution is -2.42. The largest absolute Gasteiger partial charge is 0.454 e. The van der Waals surface area contributed by atoms with Crippen LogP contribution in [0.25, 0.3) is 5.69 Å². The minimum atomic E-state index is -0.306. The molecule has 0 saturated carbocycles. The highest BCUT2D eigenvalue weighted by atomic mass is 16.7. The van der Waals surface area contributed by atoms with Crippen molar-refractivity contribution in [2.24, 2.45) is 0 Å². The number of benzene rings is 3. The van der Waals surface area contributed by atoms with Crippen molar-refractivity contribution in [1.82, 2.24) is 14.5 Å². The van der Waals surface area contributed by atoms with Crippen LogP contribution in [0.5, 0.6) is 11.5 Å². The standard InChI is InChI=1S/C25H20N4O3/c30-25-20-3-1-2-4-21(20)27-24(18-6-8-19(9-7-18)28-12-11-26-15-28)29(25)14-17-5-10-22-23(13-17)32-16-31-22/h1-13,15,24,27H,14,16H2. The fourth-order valence-electron chi connectivity index (χ4n) is 4.20. The van der Waals surface area contributed by atoms with Gasteiger partial charge in [-0.15, -0.1) is 0 Å². The van der Waals surface area contributed by atoms with Crippen LogP contribution in [0.4, 0.5) is 5.69 Å². The zero-order valence-corrected chi connectivity index (χ0v) is 17.1. The summed E-state index contributed by atoms with van der Waals surface area (Å²) in [5.41, 5.74) is 4.49. The van der Waals surface area contributed by atoms with E-state index in [-0.39, 0.29) is 18.9 Å². The average Bonchev–Trinajstić information content (AvgIpc) is 3.53. The highest BCUT2D eigenvalue weighted by Gasteiger charge is 2.33. The lowest BCUT2D eigenvalue weighted by molar-refractivity contribution is 0.0666. The summed E-state index contributed by atoms with van der Waals surface area (Å²) in [4.78, 5) is 19.5. The summed E-state index contributed by atoms with van der Waals surface area (Å²) in [6, 6.07) is 21.6. The maximum Gasteiger partial charge on any atom is 0.258 e. The monoisotopic (exact) mass is 424 g/mol. The van der Waals surface area contributed by atoms with Gasteiger partial charge in [0.05, 0.1) is 11.9 Å². The Morgan fingerprint density at radius 1 is 1.00 bits per heavy atom. The Labute approximate surface area is 184 Å². The number of fused-ring (bicyclic) bond motifs is 2. The van der Waals surface area contributed by atoms with Crippen molar-refractivity contribution in [3.8, 4) is 17.2 Å². The van der Waals surface area contributed by atoms with Gasteiger partial charge in [-0.3, -0.25) is 4.79 Å². The van der Waals surface area contributed by atoms with Gasteiger partial charge in [-0.05, 0) is 47.5 Å². The number of ether oxygens (including phenoxy) is 2. The summed E-state index contributed by atoms with van der Waals surface area (Å²) in [5, 5.41) is 3.55. The fourth-order valence-corrected chi connectivity index (χ4v) is 4.20. The Balaban J connectivity index is 1.36. The Bertz CT molecular complexity index is 1290. The number of amides is 1. The third-order valence-corrected chi connectivity index (χ3v) is 5.82. The summed E-state index contributed by atoms with van der Waals surface area (Å²) in [7, 11) is 0. The van der Waals surface area contributed by atoms with Crippen molar-refractivity contribution in [2.75, 3.05) is 12.1 Å². The first-order chi connectivity index (χ1) is 15.8. The van der Waals surface area contributed by atoms with Crippen LogP contribution in [0.3, 0.4) is 0 Å². The maximum absolute atomic E-state index is 13.5. The molecule has 0 spiro atoms. The second-order valence-electron chi connectivity index (χ2n) is 7.77. The van der Waals surface area contributed by atoms with Gasteiger partial charge in [-0.2, -0.15) is 0 Å². The molecule has 3 aromatic carbocycles. The van der Waals surface area contributed by atoms with Crippen LogP contribution >= 0.6 is 0 Å². The number of imidazole rings is 1. The molecule has 1 unspecified atom stereocenters. The summed E-state index contributed by atoms with van der Waals surface area (Å²) in [6.07, 6.45) is 5.11. The molecule has 7 nitrogen and oxygen atoms in total. The zero-order valence-electron chi connectivity index (χ0n) is 17.1. The molecule has 2 aliphatic rings. The normalized spacial score (nSPS) is 16.6. The summed E-state index contributed by atoms with van der Waals surface area (Å²) in [6.45, 7) is 0.660. The molecule has 1 N–H and O–H groups in total. The van der Waals surface area contributed by atoms with Crippen LogP contribution in [0.2, 0.25) is 0 Å². The zero-order chi connectivity index (χ0) is 21.5. The lowest BCUT2D eigenvalue weighted by atomic mass is 10.0. The van der Waals surface area contributed by atoms with Crippen LogP contribution < -0.4 is 14.8 Å². The van der Waals surface area contributed by atoms with Crippen molar-refractivity contribution in [2.45, 2.75) is 12.7 Å². The predicted octanol–water partition coefficient (Wildman–Crippen LogP) is 4.37. The molecule has 0 radical (unpaired) electrons. The Morgan fingerprint density at radius 2 is 1.84 bits per heavy atom. The van der Waals surface area contributed by atoms with E-state index in [0.29, 0.717) is 17.9 Å². The van der Waals surface area contributed by atoms with E-state index in [2.05, 4.69) is 10.3 Å². The number of rotatable bonds is 4. The predicted molar refractivity (Wildman–Crippen MR) is 119 cm³/mol. The molecule has 0 aliphatic carbocycles. The molecule has 158 valence electrons. The van der Waals surface area contributed by atoms with Crippen molar-refractivity contribution in [3.05, 3.63) is 102 Å². The highest BCUT2D eigenvalue weighted by Crippen LogP contribution is 2.37. The van der Waals surface area contributed by atoms with Gasteiger partial charge in [-0.25, -0.2) is 4.98 Å². The number of hydrogen-bond donors (Lipinski definition) is 1. The van der Waals surface area contributed by atoms with E-state index in [1.807, 2.05) is 82.4 Å². The first-order valence-electron chi connectivity index (χ1n) is 10.4. The van der Waals surface area contributed by atoms with Crippen molar-refractivity contribution < 1.29 is 14.3 Å². The Morgan fingerprint density at radius 3 is 2.69 bits per heavy atom. The van der Waals surface area contributed by atoms with Gasteiger partial charge >= 0.3 is 0 Å². The van der Waals surface area contributed by atoms with Gasteiger partial charge in [0, 0.05) is 30.3 Å². The van der Waals surface area contributed by atoms with E-state index in [0.717, 1.165) is 28.3 Å². The minimum absolute atomic E-state index is 0.0132. The number of nitrogens with one attached hydrogen (secondary N) is 1. The molecule has 6 rings (SSSR count). The molecule has 0 fully saturated rings. The van der Waals surface area contributed by atoms with E-state index in [4.69, 9.17) is 9.47 Å². The molecular weight excluding hydrogens is 404 g/mol. The molecule has 7 heteroatoms. The van der Waals surface area contributed by atoms with Crippen LogP contribution in [0.15, 0.2) is 85.5 Å². The van der Waals surface area contributed by atoms with Gasteiger partial charge in [0.15, 0.2) is 11.5 Å². The third kappa shape index (κ3) is 3.15.